The lowest BCUT2D eigenvalue weighted by Gasteiger charge is -2.15. The molecular formula is C13H15N3O7S. The fraction of sp³-hybridized carbons (Fsp3) is 0.385. The molecule has 10 nitrogen and oxygen atoms in total. The number of esters is 1. The van der Waals surface area contributed by atoms with Gasteiger partial charge in [0.2, 0.25) is 0 Å². The zero-order chi connectivity index (χ0) is 18.3. The van der Waals surface area contributed by atoms with Crippen LogP contribution in [0.25, 0.3) is 0 Å². The summed E-state index contributed by atoms with van der Waals surface area (Å²) < 4.78 is 4.59. The quantitative estimate of drug-likeness (QED) is 0.419. The lowest BCUT2D eigenvalue weighted by Crippen LogP contribution is -2.42. The Balaban J connectivity index is 3.09. The molecule has 11 heteroatoms. The van der Waals surface area contributed by atoms with Crippen LogP contribution in [0.5, 0.6) is 0 Å². The Morgan fingerprint density at radius 3 is 2.17 bits per heavy atom. The van der Waals surface area contributed by atoms with E-state index in [4.69, 9.17) is 0 Å². The molecule has 0 aromatic heterocycles. The predicted molar refractivity (Wildman–Crippen MR) is 86.0 cm³/mol. The number of nitrogens with one attached hydrogen (secondary N) is 1. The first-order valence-corrected chi connectivity index (χ1v) is 8.01. The fourth-order valence-corrected chi connectivity index (χ4v) is 2.28. The van der Waals surface area contributed by atoms with Crippen molar-refractivity contribution >= 4 is 35.0 Å². The van der Waals surface area contributed by atoms with E-state index in [1.165, 1.54) is 18.9 Å². The zero-order valence-corrected chi connectivity index (χ0v) is 13.7. The summed E-state index contributed by atoms with van der Waals surface area (Å²) in [4.78, 5) is 43.9. The van der Waals surface area contributed by atoms with Gasteiger partial charge in [-0.3, -0.25) is 25.0 Å². The second-order valence-corrected chi connectivity index (χ2v) is 5.57. The van der Waals surface area contributed by atoms with Gasteiger partial charge in [-0.25, -0.2) is 4.79 Å². The summed E-state index contributed by atoms with van der Waals surface area (Å²) >= 11 is 1.46. The highest BCUT2D eigenvalue weighted by Gasteiger charge is 2.25. The van der Waals surface area contributed by atoms with Crippen LogP contribution in [-0.4, -0.2) is 46.9 Å². The molecule has 0 heterocycles. The van der Waals surface area contributed by atoms with Gasteiger partial charge in [0.1, 0.15) is 6.04 Å². The molecule has 0 spiro atoms. The van der Waals surface area contributed by atoms with Crippen LogP contribution in [0.3, 0.4) is 0 Å². The van der Waals surface area contributed by atoms with Gasteiger partial charge in [-0.15, -0.1) is 0 Å². The van der Waals surface area contributed by atoms with Gasteiger partial charge in [0, 0.05) is 12.1 Å². The maximum atomic E-state index is 12.2. The van der Waals surface area contributed by atoms with Crippen LogP contribution in [0.15, 0.2) is 18.2 Å². The molecule has 0 radical (unpaired) electrons. The highest BCUT2D eigenvalue weighted by molar-refractivity contribution is 7.98. The van der Waals surface area contributed by atoms with Crippen LogP contribution in [0.4, 0.5) is 11.4 Å². The SMILES string of the molecule is COC(=O)[C@@H](CCSC)NC(=O)c1cc([N+](=O)[O-])cc([N+](=O)[O-])c1. The van der Waals surface area contributed by atoms with E-state index in [1.807, 2.05) is 6.26 Å². The van der Waals surface area contributed by atoms with Gasteiger partial charge >= 0.3 is 5.97 Å². The third-order valence-corrected chi connectivity index (χ3v) is 3.63. The molecule has 0 bridgehead atoms. The molecular weight excluding hydrogens is 342 g/mol. The minimum absolute atomic E-state index is 0.283. The normalized spacial score (nSPS) is 11.4. The summed E-state index contributed by atoms with van der Waals surface area (Å²) in [6.45, 7) is 0. The van der Waals surface area contributed by atoms with Crippen LogP contribution < -0.4 is 5.32 Å². The number of carbonyl (C=O) groups is 2. The van der Waals surface area contributed by atoms with E-state index in [1.54, 1.807) is 0 Å². The molecule has 0 saturated heterocycles. The van der Waals surface area contributed by atoms with Gasteiger partial charge in [-0.1, -0.05) is 0 Å². The molecule has 1 N–H and O–H groups in total. The Kier molecular flexibility index (Phi) is 7.11. The Morgan fingerprint density at radius 1 is 1.21 bits per heavy atom. The second-order valence-electron chi connectivity index (χ2n) is 4.58. The summed E-state index contributed by atoms with van der Waals surface area (Å²) in [7, 11) is 1.17. The van der Waals surface area contributed by atoms with E-state index < -0.39 is 39.1 Å². The van der Waals surface area contributed by atoms with Crippen LogP contribution in [0, 0.1) is 20.2 Å². The maximum absolute atomic E-state index is 12.2. The largest absolute Gasteiger partial charge is 0.467 e. The summed E-state index contributed by atoms with van der Waals surface area (Å²) in [5.41, 5.74) is -1.46. The molecule has 0 unspecified atom stereocenters. The zero-order valence-electron chi connectivity index (χ0n) is 12.9. The molecule has 0 saturated carbocycles. The smallest absolute Gasteiger partial charge is 0.328 e. The second kappa shape index (κ2) is 8.82. The van der Waals surface area contributed by atoms with Crippen molar-refractivity contribution in [3.63, 3.8) is 0 Å². The monoisotopic (exact) mass is 357 g/mol. The lowest BCUT2D eigenvalue weighted by atomic mass is 10.1. The number of benzene rings is 1. The topological polar surface area (TPSA) is 142 Å². The molecule has 1 rings (SSSR count). The number of rotatable bonds is 8. The molecule has 1 atom stereocenters. The fourth-order valence-electron chi connectivity index (χ4n) is 1.81. The van der Waals surface area contributed by atoms with Crippen LogP contribution in [0.1, 0.15) is 16.8 Å². The number of carbonyl (C=O) groups excluding carboxylic acids is 2. The molecule has 1 amide bonds. The third kappa shape index (κ3) is 5.19. The number of ether oxygens (including phenoxy) is 1. The molecule has 1 aromatic rings. The number of nitrogens with zero attached hydrogens (tertiary/aromatic N) is 2. The third-order valence-electron chi connectivity index (χ3n) is 2.99. The van der Waals surface area contributed by atoms with Crippen molar-refractivity contribution in [3.05, 3.63) is 44.0 Å². The number of methoxy groups -OCH3 is 1. The van der Waals surface area contributed by atoms with Gasteiger partial charge in [0.25, 0.3) is 17.3 Å². The first-order valence-electron chi connectivity index (χ1n) is 6.61. The molecule has 0 aliphatic heterocycles. The van der Waals surface area contributed by atoms with Crippen molar-refractivity contribution in [1.82, 2.24) is 5.32 Å². The van der Waals surface area contributed by atoms with E-state index in [9.17, 15) is 29.8 Å². The van der Waals surface area contributed by atoms with Gasteiger partial charge in [-0.2, -0.15) is 11.8 Å². The first kappa shape index (κ1) is 19.4. The van der Waals surface area contributed by atoms with E-state index in [-0.39, 0.29) is 12.0 Å². The van der Waals surface area contributed by atoms with Crippen LogP contribution in [0.2, 0.25) is 0 Å². The van der Waals surface area contributed by atoms with Crippen molar-refractivity contribution < 1.29 is 24.2 Å². The van der Waals surface area contributed by atoms with Gasteiger partial charge in [0.15, 0.2) is 0 Å². The number of hydrogen-bond acceptors (Lipinski definition) is 8. The lowest BCUT2D eigenvalue weighted by molar-refractivity contribution is -0.394. The van der Waals surface area contributed by atoms with Crippen molar-refractivity contribution in [2.75, 3.05) is 19.1 Å². The number of nitro groups is 2. The Morgan fingerprint density at radius 2 is 1.75 bits per heavy atom. The Labute approximate surface area is 140 Å². The van der Waals surface area contributed by atoms with Gasteiger partial charge < -0.3 is 10.1 Å². The standard InChI is InChI=1S/C13H15N3O7S/c1-23-13(18)11(3-4-24-2)14-12(17)8-5-9(15(19)20)7-10(6-8)16(21)22/h5-7,11H,3-4H2,1-2H3,(H,14,17)/t11-/m1/s1. The average molecular weight is 357 g/mol. The van der Waals surface area contributed by atoms with Crippen LogP contribution in [-0.2, 0) is 9.53 Å². The van der Waals surface area contributed by atoms with E-state index in [2.05, 4.69) is 10.1 Å². The predicted octanol–water partition coefficient (Wildman–Crippen LogP) is 1.53. The summed E-state index contributed by atoms with van der Waals surface area (Å²) in [5.74, 6) is -0.939. The molecule has 0 fully saturated rings. The number of nitro benzene ring substituents is 2. The van der Waals surface area contributed by atoms with Crippen LogP contribution >= 0.6 is 11.8 Å². The van der Waals surface area contributed by atoms with E-state index in [0.717, 1.165) is 18.2 Å². The maximum Gasteiger partial charge on any atom is 0.328 e. The number of thioether (sulfide) groups is 1. The average Bonchev–Trinajstić information content (AvgIpc) is 2.56. The minimum Gasteiger partial charge on any atom is -0.467 e. The molecule has 0 aliphatic rings. The highest BCUT2D eigenvalue weighted by Crippen LogP contribution is 2.22. The van der Waals surface area contributed by atoms with Crippen molar-refractivity contribution in [1.29, 1.82) is 0 Å². The number of amides is 1. The Hall–Kier alpha value is -2.69. The Bertz CT molecular complexity index is 633. The number of hydrogen-bond donors (Lipinski definition) is 1. The molecule has 130 valence electrons. The minimum atomic E-state index is -0.951. The van der Waals surface area contributed by atoms with Crippen molar-refractivity contribution in [2.24, 2.45) is 0 Å². The first-order chi connectivity index (χ1) is 11.3. The highest BCUT2D eigenvalue weighted by atomic mass is 32.2. The molecule has 24 heavy (non-hydrogen) atoms. The van der Waals surface area contributed by atoms with Gasteiger partial charge in [-0.05, 0) is 18.4 Å². The van der Waals surface area contributed by atoms with Crippen molar-refractivity contribution in [2.45, 2.75) is 12.5 Å². The molecule has 0 aliphatic carbocycles. The van der Waals surface area contributed by atoms with E-state index >= 15 is 0 Å². The number of non-ortho nitro benzene ring substituents is 2. The molecule has 1 aromatic carbocycles. The van der Waals surface area contributed by atoms with Gasteiger partial charge in [0.05, 0.1) is 28.6 Å². The summed E-state index contributed by atoms with van der Waals surface area (Å²) in [5, 5.41) is 24.1. The summed E-state index contributed by atoms with van der Waals surface area (Å²) in [6.07, 6.45) is 2.11. The van der Waals surface area contributed by atoms with E-state index in [0.29, 0.717) is 5.75 Å². The summed E-state index contributed by atoms with van der Waals surface area (Å²) in [6, 6.07) is 1.62. The van der Waals surface area contributed by atoms with Crippen molar-refractivity contribution in [3.8, 4) is 0 Å².